The summed E-state index contributed by atoms with van der Waals surface area (Å²) in [5.74, 6) is 0.981. The van der Waals surface area contributed by atoms with Crippen LogP contribution in [0.4, 0.5) is 5.82 Å². The number of aromatic nitrogens is 3. The normalized spacial score (nSPS) is 16.2. The molecule has 0 radical (unpaired) electrons. The molecule has 3 aromatic rings. The number of benzene rings is 1. The third-order valence-corrected chi connectivity index (χ3v) is 4.51. The van der Waals surface area contributed by atoms with E-state index in [9.17, 15) is 5.11 Å². The Morgan fingerprint density at radius 3 is 2.57 bits per heavy atom. The van der Waals surface area contributed by atoms with Crippen molar-refractivity contribution in [1.82, 2.24) is 14.8 Å². The SMILES string of the molecule is Cc1ccc(-n2nc(N3CCC(O)CC3)c3ccncc32)cc1. The molecule has 1 N–H and O–H groups in total. The van der Waals surface area contributed by atoms with Crippen molar-refractivity contribution in [2.24, 2.45) is 0 Å². The number of piperidine rings is 1. The van der Waals surface area contributed by atoms with Crippen LogP contribution in [-0.2, 0) is 0 Å². The Morgan fingerprint density at radius 2 is 1.83 bits per heavy atom. The van der Waals surface area contributed by atoms with Crippen LogP contribution >= 0.6 is 0 Å². The highest BCUT2D eigenvalue weighted by Crippen LogP contribution is 2.29. The molecule has 1 aliphatic heterocycles. The zero-order chi connectivity index (χ0) is 15.8. The summed E-state index contributed by atoms with van der Waals surface area (Å²) in [7, 11) is 0. The Morgan fingerprint density at radius 1 is 1.09 bits per heavy atom. The van der Waals surface area contributed by atoms with Crippen LogP contribution in [-0.4, -0.2) is 39.1 Å². The number of aryl methyl sites for hydroxylation is 1. The molecule has 0 aliphatic carbocycles. The summed E-state index contributed by atoms with van der Waals surface area (Å²) < 4.78 is 1.96. The van der Waals surface area contributed by atoms with E-state index in [1.165, 1.54) is 5.56 Å². The zero-order valence-corrected chi connectivity index (χ0v) is 13.2. The number of aliphatic hydroxyl groups is 1. The number of fused-ring (bicyclic) bond motifs is 1. The highest BCUT2D eigenvalue weighted by molar-refractivity contribution is 5.91. The fraction of sp³-hybridized carbons (Fsp3) is 0.333. The highest BCUT2D eigenvalue weighted by Gasteiger charge is 2.22. The minimum absolute atomic E-state index is 0.182. The van der Waals surface area contributed by atoms with Crippen molar-refractivity contribution < 1.29 is 5.11 Å². The number of rotatable bonds is 2. The third-order valence-electron chi connectivity index (χ3n) is 4.51. The van der Waals surface area contributed by atoms with E-state index in [1.807, 2.05) is 23.1 Å². The quantitative estimate of drug-likeness (QED) is 0.791. The van der Waals surface area contributed by atoms with E-state index in [0.717, 1.165) is 48.3 Å². The lowest BCUT2D eigenvalue weighted by atomic mass is 10.1. The fourth-order valence-corrected chi connectivity index (χ4v) is 3.14. The lowest BCUT2D eigenvalue weighted by Gasteiger charge is -2.29. The van der Waals surface area contributed by atoms with Gasteiger partial charge in [-0.05, 0) is 38.0 Å². The van der Waals surface area contributed by atoms with Crippen LogP contribution in [0.1, 0.15) is 18.4 Å². The Hall–Kier alpha value is -2.40. The Kier molecular flexibility index (Phi) is 3.50. The second-order valence-corrected chi connectivity index (χ2v) is 6.18. The van der Waals surface area contributed by atoms with Gasteiger partial charge in [0.15, 0.2) is 5.82 Å². The molecule has 1 aromatic carbocycles. The molecule has 1 fully saturated rings. The van der Waals surface area contributed by atoms with Gasteiger partial charge in [0.1, 0.15) is 0 Å². The van der Waals surface area contributed by atoms with Crippen molar-refractivity contribution in [2.75, 3.05) is 18.0 Å². The molecule has 0 spiro atoms. The lowest BCUT2D eigenvalue weighted by Crippen LogP contribution is -2.36. The number of pyridine rings is 1. The first-order valence-electron chi connectivity index (χ1n) is 8.05. The Balaban J connectivity index is 1.81. The van der Waals surface area contributed by atoms with Crippen molar-refractivity contribution in [1.29, 1.82) is 0 Å². The van der Waals surface area contributed by atoms with Crippen LogP contribution < -0.4 is 4.90 Å². The van der Waals surface area contributed by atoms with E-state index < -0.39 is 0 Å². The maximum atomic E-state index is 9.73. The van der Waals surface area contributed by atoms with E-state index in [-0.39, 0.29) is 6.10 Å². The Labute approximate surface area is 135 Å². The van der Waals surface area contributed by atoms with Crippen LogP contribution in [0.15, 0.2) is 42.7 Å². The molecule has 0 amide bonds. The molecular weight excluding hydrogens is 288 g/mol. The van der Waals surface area contributed by atoms with Crippen molar-refractivity contribution in [3.8, 4) is 5.69 Å². The second-order valence-electron chi connectivity index (χ2n) is 6.18. The van der Waals surface area contributed by atoms with E-state index in [0.29, 0.717) is 0 Å². The predicted octanol–water partition coefficient (Wildman–Crippen LogP) is 2.69. The first-order valence-corrected chi connectivity index (χ1v) is 8.05. The maximum absolute atomic E-state index is 9.73. The minimum atomic E-state index is -0.182. The van der Waals surface area contributed by atoms with E-state index in [1.54, 1.807) is 0 Å². The van der Waals surface area contributed by atoms with Crippen LogP contribution in [0.25, 0.3) is 16.6 Å². The molecule has 1 saturated heterocycles. The van der Waals surface area contributed by atoms with Gasteiger partial charge in [0.05, 0.1) is 23.5 Å². The molecule has 5 nitrogen and oxygen atoms in total. The smallest absolute Gasteiger partial charge is 0.159 e. The topological polar surface area (TPSA) is 54.2 Å². The van der Waals surface area contributed by atoms with Crippen LogP contribution in [0.5, 0.6) is 0 Å². The predicted molar refractivity (Wildman–Crippen MR) is 91.1 cm³/mol. The van der Waals surface area contributed by atoms with Gasteiger partial charge in [0, 0.05) is 24.7 Å². The van der Waals surface area contributed by atoms with E-state index in [4.69, 9.17) is 5.10 Å². The first-order chi connectivity index (χ1) is 11.2. The minimum Gasteiger partial charge on any atom is -0.393 e. The van der Waals surface area contributed by atoms with Gasteiger partial charge in [-0.1, -0.05) is 17.7 Å². The summed E-state index contributed by atoms with van der Waals surface area (Å²) in [6.07, 6.45) is 5.09. The van der Waals surface area contributed by atoms with Crippen LogP contribution in [0, 0.1) is 6.92 Å². The molecule has 0 atom stereocenters. The first kappa shape index (κ1) is 14.2. The van der Waals surface area contributed by atoms with E-state index >= 15 is 0 Å². The zero-order valence-electron chi connectivity index (χ0n) is 13.2. The van der Waals surface area contributed by atoms with Gasteiger partial charge < -0.3 is 10.0 Å². The standard InChI is InChI=1S/C18H20N4O/c1-13-2-4-14(5-3-13)22-17-12-19-9-6-16(17)18(20-22)21-10-7-15(23)8-11-21/h2-6,9,12,15,23H,7-8,10-11H2,1H3. The molecule has 2 aromatic heterocycles. The van der Waals surface area contributed by atoms with Gasteiger partial charge in [-0.15, -0.1) is 5.10 Å². The van der Waals surface area contributed by atoms with Gasteiger partial charge in [0.25, 0.3) is 0 Å². The largest absolute Gasteiger partial charge is 0.393 e. The molecule has 0 unspecified atom stereocenters. The number of nitrogens with zero attached hydrogens (tertiary/aromatic N) is 4. The fourth-order valence-electron chi connectivity index (χ4n) is 3.14. The van der Waals surface area contributed by atoms with Gasteiger partial charge in [-0.2, -0.15) is 0 Å². The second kappa shape index (κ2) is 5.66. The molecule has 5 heteroatoms. The molecule has 23 heavy (non-hydrogen) atoms. The molecule has 118 valence electrons. The number of hydrogen-bond donors (Lipinski definition) is 1. The van der Waals surface area contributed by atoms with Crippen molar-refractivity contribution in [3.05, 3.63) is 48.3 Å². The molecular formula is C18H20N4O. The molecule has 3 heterocycles. The van der Waals surface area contributed by atoms with Gasteiger partial charge in [0.2, 0.25) is 0 Å². The number of hydrogen-bond acceptors (Lipinski definition) is 4. The van der Waals surface area contributed by atoms with Crippen LogP contribution in [0.3, 0.4) is 0 Å². The monoisotopic (exact) mass is 308 g/mol. The van der Waals surface area contributed by atoms with Gasteiger partial charge >= 0.3 is 0 Å². The van der Waals surface area contributed by atoms with Crippen molar-refractivity contribution >= 4 is 16.7 Å². The lowest BCUT2D eigenvalue weighted by molar-refractivity contribution is 0.145. The summed E-state index contributed by atoms with van der Waals surface area (Å²) in [6.45, 7) is 3.75. The van der Waals surface area contributed by atoms with Gasteiger partial charge in [-0.25, -0.2) is 4.68 Å². The molecule has 4 rings (SSSR count). The molecule has 1 aliphatic rings. The third kappa shape index (κ3) is 2.57. The molecule has 0 bridgehead atoms. The summed E-state index contributed by atoms with van der Waals surface area (Å²) in [4.78, 5) is 6.53. The summed E-state index contributed by atoms with van der Waals surface area (Å²) in [5.41, 5.74) is 3.28. The van der Waals surface area contributed by atoms with E-state index in [2.05, 4.69) is 41.1 Å². The number of aliphatic hydroxyl groups excluding tert-OH is 1. The summed E-state index contributed by atoms with van der Waals surface area (Å²) in [5, 5.41) is 15.7. The maximum Gasteiger partial charge on any atom is 0.159 e. The average molecular weight is 308 g/mol. The number of anilines is 1. The van der Waals surface area contributed by atoms with Crippen LogP contribution in [0.2, 0.25) is 0 Å². The van der Waals surface area contributed by atoms with Crippen molar-refractivity contribution in [3.63, 3.8) is 0 Å². The van der Waals surface area contributed by atoms with Gasteiger partial charge in [-0.3, -0.25) is 4.98 Å². The summed E-state index contributed by atoms with van der Waals surface area (Å²) >= 11 is 0. The summed E-state index contributed by atoms with van der Waals surface area (Å²) in [6, 6.07) is 10.4. The average Bonchev–Trinajstić information content (AvgIpc) is 2.96. The highest BCUT2D eigenvalue weighted by atomic mass is 16.3. The molecule has 0 saturated carbocycles. The Bertz CT molecular complexity index is 817. The van der Waals surface area contributed by atoms with Crippen molar-refractivity contribution in [2.45, 2.75) is 25.9 Å².